The molecule has 2 rings (SSSR count). The van der Waals surface area contributed by atoms with Crippen molar-refractivity contribution >= 4 is 5.69 Å². The third kappa shape index (κ3) is 3.24. The van der Waals surface area contributed by atoms with Gasteiger partial charge in [0.05, 0.1) is 0 Å². The molecule has 1 unspecified atom stereocenters. The van der Waals surface area contributed by atoms with E-state index < -0.39 is 0 Å². The number of hydrogen-bond donors (Lipinski definition) is 1. The number of benzene rings is 1. The van der Waals surface area contributed by atoms with Crippen LogP contribution in [0.25, 0.3) is 0 Å². The normalized spacial score (nSPS) is 21.8. The van der Waals surface area contributed by atoms with E-state index in [0.29, 0.717) is 0 Å². The molecule has 1 atom stereocenters. The fourth-order valence-corrected chi connectivity index (χ4v) is 2.14. The maximum Gasteiger partial charge on any atom is 0.0340 e. The van der Waals surface area contributed by atoms with E-state index in [1.54, 1.807) is 0 Å². The van der Waals surface area contributed by atoms with Gasteiger partial charge in [0.2, 0.25) is 0 Å². The van der Waals surface area contributed by atoms with Gasteiger partial charge in [0.15, 0.2) is 0 Å². The first-order valence-corrected chi connectivity index (χ1v) is 5.86. The van der Waals surface area contributed by atoms with Crippen molar-refractivity contribution < 1.29 is 0 Å². The zero-order chi connectivity index (χ0) is 10.5. The molecule has 1 aromatic rings. The van der Waals surface area contributed by atoms with Crippen molar-refractivity contribution in [1.82, 2.24) is 4.90 Å². The number of rotatable bonds is 4. The van der Waals surface area contributed by atoms with Crippen LogP contribution in [0, 0.1) is 5.92 Å². The van der Waals surface area contributed by atoms with Crippen LogP contribution in [0.1, 0.15) is 13.3 Å². The summed E-state index contributed by atoms with van der Waals surface area (Å²) in [6, 6.07) is 10.4. The van der Waals surface area contributed by atoms with Gasteiger partial charge in [-0.2, -0.15) is 0 Å². The van der Waals surface area contributed by atoms with E-state index in [1.165, 1.54) is 31.7 Å². The summed E-state index contributed by atoms with van der Waals surface area (Å²) in [5.41, 5.74) is 1.23. The van der Waals surface area contributed by atoms with Gasteiger partial charge in [-0.3, -0.25) is 0 Å². The number of para-hydroxylation sites is 1. The predicted molar refractivity (Wildman–Crippen MR) is 65.2 cm³/mol. The van der Waals surface area contributed by atoms with Crippen molar-refractivity contribution in [2.45, 2.75) is 13.3 Å². The van der Waals surface area contributed by atoms with E-state index in [2.05, 4.69) is 41.4 Å². The molecule has 0 aromatic heterocycles. The average Bonchev–Trinajstić information content (AvgIpc) is 2.66. The molecule has 2 heteroatoms. The molecule has 1 heterocycles. The number of anilines is 1. The molecule has 1 aliphatic heterocycles. The minimum absolute atomic E-state index is 0.890. The van der Waals surface area contributed by atoms with Crippen LogP contribution in [0.5, 0.6) is 0 Å². The SMILES string of the molecule is CC1CCN(CCNc2ccccc2)C1. The second kappa shape index (κ2) is 5.17. The van der Waals surface area contributed by atoms with Crippen LogP contribution in [0.15, 0.2) is 30.3 Å². The first-order chi connectivity index (χ1) is 7.34. The van der Waals surface area contributed by atoms with E-state index in [-0.39, 0.29) is 0 Å². The van der Waals surface area contributed by atoms with Gasteiger partial charge >= 0.3 is 0 Å². The largest absolute Gasteiger partial charge is 0.384 e. The van der Waals surface area contributed by atoms with Crippen molar-refractivity contribution in [2.75, 3.05) is 31.5 Å². The molecule has 0 spiro atoms. The molecule has 1 fully saturated rings. The molecule has 0 amide bonds. The Kier molecular flexibility index (Phi) is 3.62. The van der Waals surface area contributed by atoms with Gasteiger partial charge in [0.1, 0.15) is 0 Å². The summed E-state index contributed by atoms with van der Waals surface area (Å²) < 4.78 is 0. The van der Waals surface area contributed by atoms with Crippen LogP contribution < -0.4 is 5.32 Å². The smallest absolute Gasteiger partial charge is 0.0340 e. The van der Waals surface area contributed by atoms with Gasteiger partial charge in [0, 0.05) is 25.3 Å². The highest BCUT2D eigenvalue weighted by Crippen LogP contribution is 2.14. The highest BCUT2D eigenvalue weighted by atomic mass is 15.2. The summed E-state index contributed by atoms with van der Waals surface area (Å²) in [7, 11) is 0. The number of nitrogens with one attached hydrogen (secondary N) is 1. The van der Waals surface area contributed by atoms with Crippen LogP contribution in [-0.4, -0.2) is 31.1 Å². The summed E-state index contributed by atoms with van der Waals surface area (Å²) >= 11 is 0. The maximum absolute atomic E-state index is 3.44. The second-order valence-corrected chi connectivity index (χ2v) is 4.49. The molecule has 2 nitrogen and oxygen atoms in total. The van der Waals surface area contributed by atoms with Crippen LogP contribution >= 0.6 is 0 Å². The molecule has 1 saturated heterocycles. The van der Waals surface area contributed by atoms with Gasteiger partial charge < -0.3 is 10.2 Å². The zero-order valence-electron chi connectivity index (χ0n) is 9.45. The quantitative estimate of drug-likeness (QED) is 0.810. The number of likely N-dealkylation sites (tertiary alicyclic amines) is 1. The Morgan fingerprint density at radius 3 is 2.80 bits per heavy atom. The van der Waals surface area contributed by atoms with Gasteiger partial charge in [-0.15, -0.1) is 0 Å². The Hall–Kier alpha value is -1.02. The predicted octanol–water partition coefficient (Wildman–Crippen LogP) is 2.44. The van der Waals surface area contributed by atoms with Crippen molar-refractivity contribution in [1.29, 1.82) is 0 Å². The van der Waals surface area contributed by atoms with Gasteiger partial charge in [-0.05, 0) is 31.0 Å². The van der Waals surface area contributed by atoms with Crippen LogP contribution in [-0.2, 0) is 0 Å². The van der Waals surface area contributed by atoms with Crippen LogP contribution in [0.4, 0.5) is 5.69 Å². The van der Waals surface area contributed by atoms with Crippen molar-refractivity contribution in [3.8, 4) is 0 Å². The molecule has 15 heavy (non-hydrogen) atoms. The van der Waals surface area contributed by atoms with Crippen molar-refractivity contribution in [3.05, 3.63) is 30.3 Å². The summed E-state index contributed by atoms with van der Waals surface area (Å²) in [6.45, 7) is 7.11. The Morgan fingerprint density at radius 1 is 1.33 bits per heavy atom. The molecular weight excluding hydrogens is 184 g/mol. The lowest BCUT2D eigenvalue weighted by Gasteiger charge is -2.15. The zero-order valence-corrected chi connectivity index (χ0v) is 9.45. The topological polar surface area (TPSA) is 15.3 Å². The first-order valence-electron chi connectivity index (χ1n) is 5.86. The average molecular weight is 204 g/mol. The number of hydrogen-bond acceptors (Lipinski definition) is 2. The maximum atomic E-state index is 3.44. The summed E-state index contributed by atoms with van der Waals surface area (Å²) in [5, 5.41) is 3.44. The van der Waals surface area contributed by atoms with Crippen LogP contribution in [0.3, 0.4) is 0 Å². The number of nitrogens with zero attached hydrogens (tertiary/aromatic N) is 1. The molecule has 0 aliphatic carbocycles. The van der Waals surface area contributed by atoms with E-state index in [4.69, 9.17) is 0 Å². The standard InChI is InChI=1S/C13H20N2/c1-12-7-9-15(11-12)10-8-14-13-5-3-2-4-6-13/h2-6,12,14H,7-11H2,1H3. The Labute approximate surface area is 92.3 Å². The second-order valence-electron chi connectivity index (χ2n) is 4.49. The highest BCUT2D eigenvalue weighted by molar-refractivity contribution is 5.42. The lowest BCUT2D eigenvalue weighted by Crippen LogP contribution is -2.26. The fourth-order valence-electron chi connectivity index (χ4n) is 2.14. The van der Waals surface area contributed by atoms with E-state index >= 15 is 0 Å². The van der Waals surface area contributed by atoms with Crippen molar-refractivity contribution in [3.63, 3.8) is 0 Å². The van der Waals surface area contributed by atoms with Gasteiger partial charge in [-0.25, -0.2) is 0 Å². The lowest BCUT2D eigenvalue weighted by atomic mass is 10.2. The molecule has 1 aliphatic rings. The third-order valence-corrected chi connectivity index (χ3v) is 3.04. The van der Waals surface area contributed by atoms with E-state index in [0.717, 1.165) is 12.5 Å². The Bertz CT molecular complexity index is 284. The van der Waals surface area contributed by atoms with E-state index in [9.17, 15) is 0 Å². The molecule has 0 radical (unpaired) electrons. The summed E-state index contributed by atoms with van der Waals surface area (Å²) in [5.74, 6) is 0.890. The third-order valence-electron chi connectivity index (χ3n) is 3.04. The molecule has 1 aromatic carbocycles. The van der Waals surface area contributed by atoms with Gasteiger partial charge in [-0.1, -0.05) is 25.1 Å². The molecular formula is C13H20N2. The fraction of sp³-hybridized carbons (Fsp3) is 0.538. The van der Waals surface area contributed by atoms with Gasteiger partial charge in [0.25, 0.3) is 0 Å². The van der Waals surface area contributed by atoms with Crippen molar-refractivity contribution in [2.24, 2.45) is 5.92 Å². The highest BCUT2D eigenvalue weighted by Gasteiger charge is 2.17. The van der Waals surface area contributed by atoms with E-state index in [1.807, 2.05) is 6.07 Å². The molecule has 82 valence electrons. The Balaban J connectivity index is 1.67. The molecule has 0 saturated carbocycles. The lowest BCUT2D eigenvalue weighted by molar-refractivity contribution is 0.341. The summed E-state index contributed by atoms with van der Waals surface area (Å²) in [4.78, 5) is 2.54. The summed E-state index contributed by atoms with van der Waals surface area (Å²) in [6.07, 6.45) is 1.37. The molecule has 1 N–H and O–H groups in total. The first kappa shape index (κ1) is 10.5. The minimum atomic E-state index is 0.890. The monoisotopic (exact) mass is 204 g/mol. The minimum Gasteiger partial charge on any atom is -0.384 e. The molecule has 0 bridgehead atoms. The van der Waals surface area contributed by atoms with Crippen LogP contribution in [0.2, 0.25) is 0 Å². The Morgan fingerprint density at radius 2 is 2.13 bits per heavy atom.